The van der Waals surface area contributed by atoms with Crippen LogP contribution in [0.3, 0.4) is 0 Å². The summed E-state index contributed by atoms with van der Waals surface area (Å²) in [6, 6.07) is 0. The molecule has 0 aromatic carbocycles. The smallest absolute Gasteiger partial charge is 0.306 e. The van der Waals surface area contributed by atoms with E-state index in [0.717, 1.165) is 64.2 Å². The fourth-order valence-electron chi connectivity index (χ4n) is 11.2. The number of hydrogen-bond donors (Lipinski definition) is 0. The summed E-state index contributed by atoms with van der Waals surface area (Å²) in [7, 11) is 0. The van der Waals surface area contributed by atoms with E-state index in [9.17, 15) is 14.4 Å². The van der Waals surface area contributed by atoms with E-state index in [2.05, 4.69) is 45.1 Å². The quantitative estimate of drug-likeness (QED) is 0.0261. The Morgan fingerprint density at radius 3 is 0.688 bits per heavy atom. The van der Waals surface area contributed by atoms with Gasteiger partial charge in [-0.3, -0.25) is 14.4 Å². The maximum Gasteiger partial charge on any atom is 0.306 e. The number of esters is 3. The second-order valence-electron chi connectivity index (χ2n) is 24.9. The minimum Gasteiger partial charge on any atom is -0.462 e. The average molecular weight is 1130 g/mol. The van der Waals surface area contributed by atoms with Crippen LogP contribution in [0.25, 0.3) is 0 Å². The Balaban J connectivity index is 4.25. The van der Waals surface area contributed by atoms with E-state index in [1.54, 1.807) is 0 Å². The summed E-state index contributed by atoms with van der Waals surface area (Å²) >= 11 is 0. The molecule has 0 aliphatic heterocycles. The van der Waals surface area contributed by atoms with Crippen molar-refractivity contribution in [3.63, 3.8) is 0 Å². The number of carbonyl (C=O) groups excluding carboxylic acids is 3. The van der Waals surface area contributed by atoms with Gasteiger partial charge in [-0.1, -0.05) is 366 Å². The topological polar surface area (TPSA) is 78.9 Å². The zero-order chi connectivity index (χ0) is 57.8. The number of allylic oxidation sites excluding steroid dienone is 4. The van der Waals surface area contributed by atoms with Crippen molar-refractivity contribution in [3.8, 4) is 0 Å². The number of unbranched alkanes of at least 4 members (excludes halogenated alkanes) is 53. The lowest BCUT2D eigenvalue weighted by molar-refractivity contribution is -0.167. The Hall–Kier alpha value is -2.11. The molecule has 0 aliphatic carbocycles. The van der Waals surface area contributed by atoms with E-state index >= 15 is 0 Å². The molecule has 0 aliphatic rings. The molecule has 0 amide bonds. The van der Waals surface area contributed by atoms with Crippen molar-refractivity contribution < 1.29 is 28.6 Å². The molecule has 0 spiro atoms. The molecule has 0 saturated carbocycles. The standard InChI is InChI=1S/C74H140O6/c1-4-7-10-13-16-19-22-25-28-30-32-34-36-37-38-40-41-43-46-49-52-55-58-61-64-67-73(76)79-70-71(69-78-72(75)66-63-60-57-54-51-48-45-27-24-21-18-15-12-9-6-3)80-74(77)68-65-62-59-56-53-50-47-44-42-39-35-33-31-29-26-23-20-17-14-11-8-5-2/h22,25,30,32,71H,4-21,23-24,26-29,31,33-70H2,1-3H3/b25-22-,32-30-. The summed E-state index contributed by atoms with van der Waals surface area (Å²) in [6.45, 7) is 6.72. The maximum atomic E-state index is 13.0. The van der Waals surface area contributed by atoms with Crippen LogP contribution in [0.1, 0.15) is 412 Å². The molecular formula is C74H140O6. The van der Waals surface area contributed by atoms with Crippen molar-refractivity contribution in [2.45, 2.75) is 419 Å². The van der Waals surface area contributed by atoms with Crippen molar-refractivity contribution in [2.75, 3.05) is 13.2 Å². The zero-order valence-corrected chi connectivity index (χ0v) is 54.4. The number of hydrogen-bond acceptors (Lipinski definition) is 6. The van der Waals surface area contributed by atoms with Gasteiger partial charge in [0.1, 0.15) is 13.2 Å². The molecule has 80 heavy (non-hydrogen) atoms. The third-order valence-electron chi connectivity index (χ3n) is 16.7. The van der Waals surface area contributed by atoms with Crippen molar-refractivity contribution >= 4 is 17.9 Å². The van der Waals surface area contributed by atoms with Crippen LogP contribution >= 0.6 is 0 Å². The number of carbonyl (C=O) groups is 3. The molecule has 1 atom stereocenters. The van der Waals surface area contributed by atoms with Crippen LogP contribution in [0.5, 0.6) is 0 Å². The van der Waals surface area contributed by atoms with Crippen molar-refractivity contribution in [1.82, 2.24) is 0 Å². The highest BCUT2D eigenvalue weighted by molar-refractivity contribution is 5.71. The third-order valence-corrected chi connectivity index (χ3v) is 16.7. The van der Waals surface area contributed by atoms with E-state index < -0.39 is 6.10 Å². The Morgan fingerprint density at radius 1 is 0.250 bits per heavy atom. The first-order chi connectivity index (χ1) is 39.5. The zero-order valence-electron chi connectivity index (χ0n) is 54.4. The summed E-state index contributed by atoms with van der Waals surface area (Å²) in [5.74, 6) is -0.828. The highest BCUT2D eigenvalue weighted by atomic mass is 16.6. The van der Waals surface area contributed by atoms with Gasteiger partial charge in [0.15, 0.2) is 6.10 Å². The van der Waals surface area contributed by atoms with E-state index in [-0.39, 0.29) is 31.1 Å². The highest BCUT2D eigenvalue weighted by Crippen LogP contribution is 2.19. The van der Waals surface area contributed by atoms with Gasteiger partial charge >= 0.3 is 17.9 Å². The van der Waals surface area contributed by atoms with Crippen LogP contribution in [0, 0.1) is 0 Å². The second-order valence-corrected chi connectivity index (χ2v) is 24.9. The largest absolute Gasteiger partial charge is 0.462 e. The summed E-state index contributed by atoms with van der Waals surface area (Å²) in [6.07, 6.45) is 84.9. The van der Waals surface area contributed by atoms with Gasteiger partial charge in [-0.05, 0) is 51.4 Å². The van der Waals surface area contributed by atoms with Gasteiger partial charge in [0.2, 0.25) is 0 Å². The first-order valence-electron chi connectivity index (χ1n) is 36.3. The molecular weight excluding hydrogens is 985 g/mol. The molecule has 0 aromatic heterocycles. The Morgan fingerprint density at radius 2 is 0.450 bits per heavy atom. The number of rotatable bonds is 68. The molecule has 0 rings (SSSR count). The molecule has 0 fully saturated rings. The predicted octanol–water partition coefficient (Wildman–Crippen LogP) is 25.0. The Labute approximate surface area is 500 Å². The van der Waals surface area contributed by atoms with Gasteiger partial charge in [-0.2, -0.15) is 0 Å². The van der Waals surface area contributed by atoms with E-state index in [0.29, 0.717) is 19.3 Å². The molecule has 1 unspecified atom stereocenters. The van der Waals surface area contributed by atoms with E-state index in [1.165, 1.54) is 308 Å². The predicted molar refractivity (Wildman–Crippen MR) is 349 cm³/mol. The van der Waals surface area contributed by atoms with Crippen LogP contribution in [-0.2, 0) is 28.6 Å². The lowest BCUT2D eigenvalue weighted by Crippen LogP contribution is -2.30. The molecule has 6 heteroatoms. The van der Waals surface area contributed by atoms with E-state index in [1.807, 2.05) is 0 Å². The lowest BCUT2D eigenvalue weighted by atomic mass is 10.0. The van der Waals surface area contributed by atoms with Gasteiger partial charge < -0.3 is 14.2 Å². The van der Waals surface area contributed by atoms with Crippen LogP contribution < -0.4 is 0 Å². The molecule has 0 aromatic rings. The lowest BCUT2D eigenvalue weighted by Gasteiger charge is -2.18. The van der Waals surface area contributed by atoms with Crippen molar-refractivity contribution in [3.05, 3.63) is 24.3 Å². The fourth-order valence-corrected chi connectivity index (χ4v) is 11.2. The molecule has 0 radical (unpaired) electrons. The normalized spacial score (nSPS) is 12.1. The maximum absolute atomic E-state index is 13.0. The first kappa shape index (κ1) is 77.9. The van der Waals surface area contributed by atoms with Crippen LogP contribution in [0.4, 0.5) is 0 Å². The van der Waals surface area contributed by atoms with Crippen molar-refractivity contribution in [2.24, 2.45) is 0 Å². The Bertz CT molecular complexity index is 1290. The Kier molecular flexibility index (Phi) is 67.6. The highest BCUT2D eigenvalue weighted by Gasteiger charge is 2.19. The molecule has 0 N–H and O–H groups in total. The minimum atomic E-state index is -0.768. The summed E-state index contributed by atoms with van der Waals surface area (Å²) in [4.78, 5) is 38.5. The van der Waals surface area contributed by atoms with Gasteiger partial charge in [-0.25, -0.2) is 0 Å². The van der Waals surface area contributed by atoms with Crippen LogP contribution in [0.2, 0.25) is 0 Å². The summed E-state index contributed by atoms with van der Waals surface area (Å²) < 4.78 is 17.0. The van der Waals surface area contributed by atoms with Crippen LogP contribution in [0.15, 0.2) is 24.3 Å². The van der Waals surface area contributed by atoms with Crippen molar-refractivity contribution in [1.29, 1.82) is 0 Å². The summed E-state index contributed by atoms with van der Waals surface area (Å²) in [5, 5.41) is 0. The molecule has 6 nitrogen and oxygen atoms in total. The van der Waals surface area contributed by atoms with Gasteiger partial charge in [0.25, 0.3) is 0 Å². The molecule has 0 saturated heterocycles. The molecule has 472 valence electrons. The molecule has 0 heterocycles. The fraction of sp³-hybridized carbons (Fsp3) is 0.905. The second kappa shape index (κ2) is 69.4. The molecule has 0 bridgehead atoms. The van der Waals surface area contributed by atoms with Gasteiger partial charge in [-0.15, -0.1) is 0 Å². The van der Waals surface area contributed by atoms with E-state index in [4.69, 9.17) is 14.2 Å². The third kappa shape index (κ3) is 66.7. The van der Waals surface area contributed by atoms with Crippen LogP contribution in [-0.4, -0.2) is 37.2 Å². The SMILES string of the molecule is CCCCCCC/C=C\C/C=C\CCCCCCCCCCCCCCCC(=O)OCC(COC(=O)CCCCCCCCCCCCCCCCC)OC(=O)CCCCCCCCCCCCCCCCCCCCCCCC. The number of ether oxygens (including phenoxy) is 3. The monoisotopic (exact) mass is 1130 g/mol. The van der Waals surface area contributed by atoms with Gasteiger partial charge in [0.05, 0.1) is 0 Å². The first-order valence-corrected chi connectivity index (χ1v) is 36.3. The minimum absolute atomic E-state index is 0.0639. The average Bonchev–Trinajstić information content (AvgIpc) is 3.46. The summed E-state index contributed by atoms with van der Waals surface area (Å²) in [5.41, 5.74) is 0. The van der Waals surface area contributed by atoms with Gasteiger partial charge in [0, 0.05) is 19.3 Å².